The molecule has 6 heteroatoms. The minimum absolute atomic E-state index is 0.0856. The van der Waals surface area contributed by atoms with Crippen LogP contribution in [0.15, 0.2) is 78.9 Å². The van der Waals surface area contributed by atoms with Crippen LogP contribution in [0.5, 0.6) is 0 Å². The maximum absolute atomic E-state index is 14.1. The number of hydrogen-bond donors (Lipinski definition) is 1. The summed E-state index contributed by atoms with van der Waals surface area (Å²) in [6, 6.07) is 26.0. The van der Waals surface area contributed by atoms with Crippen LogP contribution in [0.4, 0.5) is 9.52 Å². The van der Waals surface area contributed by atoms with Gasteiger partial charge < -0.3 is 10.2 Å². The highest BCUT2D eigenvalue weighted by atomic mass is 32.1. The van der Waals surface area contributed by atoms with Crippen LogP contribution in [0.1, 0.15) is 36.3 Å². The summed E-state index contributed by atoms with van der Waals surface area (Å²) in [5.74, 6) is -0.0461. The van der Waals surface area contributed by atoms with Crippen LogP contribution in [0.3, 0.4) is 0 Å². The van der Waals surface area contributed by atoms with Gasteiger partial charge in [-0.1, -0.05) is 78.1 Å². The number of nitrogens with one attached hydrogen (secondary N) is 1. The summed E-state index contributed by atoms with van der Waals surface area (Å²) in [7, 11) is 0. The van der Waals surface area contributed by atoms with Crippen LogP contribution in [-0.4, -0.2) is 30.5 Å². The predicted octanol–water partition coefficient (Wildman–Crippen LogP) is 5.99. The molecule has 1 aliphatic rings. The molecular formula is C28H28FN3OS. The monoisotopic (exact) mass is 473 g/mol. The number of aromatic nitrogens is 1. The standard InChI is InChI=1S/C28H28FN3OS/c29-24-14-7-15-25-26(24)31-28(34-25)32-18-8-13-22(19-32)27(33)30-17-16-23(20-9-3-1-4-10-20)21-11-5-2-6-12-21/h1-7,9-12,14-15,22-23H,8,13,16-19H2,(H,30,33). The Morgan fingerprint density at radius 1 is 1.03 bits per heavy atom. The lowest BCUT2D eigenvalue weighted by Gasteiger charge is -2.31. The van der Waals surface area contributed by atoms with Gasteiger partial charge in [-0.05, 0) is 42.5 Å². The van der Waals surface area contributed by atoms with Gasteiger partial charge >= 0.3 is 0 Å². The van der Waals surface area contributed by atoms with E-state index in [9.17, 15) is 9.18 Å². The smallest absolute Gasteiger partial charge is 0.224 e. The third-order valence-corrected chi connectivity index (χ3v) is 7.64. The second kappa shape index (κ2) is 10.3. The van der Waals surface area contributed by atoms with E-state index in [1.165, 1.54) is 28.5 Å². The summed E-state index contributed by atoms with van der Waals surface area (Å²) in [4.78, 5) is 19.7. The number of nitrogens with zero attached hydrogens (tertiary/aromatic N) is 2. The first kappa shape index (κ1) is 22.5. The number of para-hydroxylation sites is 1. The lowest BCUT2D eigenvalue weighted by Crippen LogP contribution is -2.43. The molecule has 1 amide bonds. The number of anilines is 1. The van der Waals surface area contributed by atoms with Crippen LogP contribution in [0.2, 0.25) is 0 Å². The van der Waals surface area contributed by atoms with Gasteiger partial charge in [0, 0.05) is 25.6 Å². The van der Waals surface area contributed by atoms with Crippen LogP contribution in [-0.2, 0) is 4.79 Å². The Kier molecular flexibility index (Phi) is 6.86. The van der Waals surface area contributed by atoms with Crippen molar-refractivity contribution in [2.45, 2.75) is 25.2 Å². The summed E-state index contributed by atoms with van der Waals surface area (Å²) >= 11 is 1.49. The quantitative estimate of drug-likeness (QED) is 0.359. The molecule has 0 bridgehead atoms. The maximum atomic E-state index is 14.1. The second-order valence-corrected chi connectivity index (χ2v) is 9.83. The van der Waals surface area contributed by atoms with Crippen LogP contribution in [0, 0.1) is 11.7 Å². The van der Waals surface area contributed by atoms with Gasteiger partial charge in [0.2, 0.25) is 5.91 Å². The zero-order chi connectivity index (χ0) is 23.3. The molecular weight excluding hydrogens is 445 g/mol. The number of carbonyl (C=O) groups is 1. The summed E-state index contributed by atoms with van der Waals surface area (Å²) < 4.78 is 14.9. The molecule has 3 aromatic carbocycles. The van der Waals surface area contributed by atoms with Crippen molar-refractivity contribution in [3.8, 4) is 0 Å². The molecule has 1 saturated heterocycles. The van der Waals surface area contributed by atoms with Crippen molar-refractivity contribution < 1.29 is 9.18 Å². The van der Waals surface area contributed by atoms with Gasteiger partial charge in [-0.25, -0.2) is 9.37 Å². The normalized spacial score (nSPS) is 16.2. The van der Waals surface area contributed by atoms with Crippen LogP contribution in [0.25, 0.3) is 10.2 Å². The molecule has 1 fully saturated rings. The number of fused-ring (bicyclic) bond motifs is 1. The van der Waals surface area contributed by atoms with Gasteiger partial charge in [0.15, 0.2) is 5.13 Å². The molecule has 1 atom stereocenters. The topological polar surface area (TPSA) is 45.2 Å². The molecule has 174 valence electrons. The van der Waals surface area contributed by atoms with E-state index < -0.39 is 0 Å². The zero-order valence-electron chi connectivity index (χ0n) is 19.0. The average molecular weight is 474 g/mol. The Labute approximate surface area is 203 Å². The molecule has 2 heterocycles. The highest BCUT2D eigenvalue weighted by Gasteiger charge is 2.28. The molecule has 0 radical (unpaired) electrons. The SMILES string of the molecule is O=C(NCCC(c1ccccc1)c1ccccc1)C1CCCN(c2nc3c(F)cccc3s2)C1. The summed E-state index contributed by atoms with van der Waals surface area (Å²) in [6.07, 6.45) is 2.63. The van der Waals surface area contributed by atoms with E-state index in [-0.39, 0.29) is 23.6 Å². The third kappa shape index (κ3) is 4.97. The van der Waals surface area contributed by atoms with Gasteiger partial charge in [-0.15, -0.1) is 0 Å². The van der Waals surface area contributed by atoms with Crippen molar-refractivity contribution >= 4 is 32.6 Å². The fourth-order valence-corrected chi connectivity index (χ4v) is 5.80. The van der Waals surface area contributed by atoms with Gasteiger partial charge in [-0.3, -0.25) is 4.79 Å². The van der Waals surface area contributed by atoms with Crippen LogP contribution >= 0.6 is 11.3 Å². The minimum Gasteiger partial charge on any atom is -0.356 e. The maximum Gasteiger partial charge on any atom is 0.224 e. The highest BCUT2D eigenvalue weighted by molar-refractivity contribution is 7.22. The first-order valence-corrected chi connectivity index (χ1v) is 12.7. The molecule has 4 aromatic rings. The number of piperidine rings is 1. The summed E-state index contributed by atoms with van der Waals surface area (Å²) in [6.45, 7) is 2.08. The average Bonchev–Trinajstić information content (AvgIpc) is 3.34. The number of benzene rings is 3. The van der Waals surface area contributed by atoms with Crippen molar-refractivity contribution in [3.05, 3.63) is 95.8 Å². The number of rotatable bonds is 7. The molecule has 1 N–H and O–H groups in total. The van der Waals surface area contributed by atoms with E-state index in [1.807, 2.05) is 18.2 Å². The van der Waals surface area contributed by atoms with E-state index in [0.29, 0.717) is 18.6 Å². The van der Waals surface area contributed by atoms with Gasteiger partial charge in [-0.2, -0.15) is 0 Å². The van der Waals surface area contributed by atoms with E-state index in [0.717, 1.165) is 35.6 Å². The number of hydrogen-bond acceptors (Lipinski definition) is 4. The Bertz CT molecular complexity index is 1210. The minimum atomic E-state index is -0.294. The van der Waals surface area contributed by atoms with E-state index in [2.05, 4.69) is 63.7 Å². The van der Waals surface area contributed by atoms with Crippen molar-refractivity contribution in [2.24, 2.45) is 5.92 Å². The summed E-state index contributed by atoms with van der Waals surface area (Å²) in [5, 5.41) is 3.98. The molecule has 4 nitrogen and oxygen atoms in total. The van der Waals surface area contributed by atoms with E-state index in [1.54, 1.807) is 6.07 Å². The van der Waals surface area contributed by atoms with Crippen molar-refractivity contribution in [1.29, 1.82) is 0 Å². The molecule has 5 rings (SSSR count). The Morgan fingerprint density at radius 3 is 2.41 bits per heavy atom. The molecule has 1 aromatic heterocycles. The Hall–Kier alpha value is -3.25. The third-order valence-electron chi connectivity index (χ3n) is 6.56. The van der Waals surface area contributed by atoms with Crippen LogP contribution < -0.4 is 10.2 Å². The fourth-order valence-electron chi connectivity index (χ4n) is 4.78. The Balaban J connectivity index is 1.22. The fraction of sp³-hybridized carbons (Fsp3) is 0.286. The van der Waals surface area contributed by atoms with Gasteiger partial charge in [0.1, 0.15) is 11.3 Å². The molecule has 0 saturated carbocycles. The number of thiazole rings is 1. The molecule has 1 aliphatic heterocycles. The first-order chi connectivity index (χ1) is 16.7. The van der Waals surface area contributed by atoms with Gasteiger partial charge in [0.05, 0.1) is 10.6 Å². The molecule has 0 aliphatic carbocycles. The van der Waals surface area contributed by atoms with E-state index in [4.69, 9.17) is 0 Å². The second-order valence-electron chi connectivity index (χ2n) is 8.82. The molecule has 0 spiro atoms. The Morgan fingerprint density at radius 2 is 1.74 bits per heavy atom. The van der Waals surface area contributed by atoms with E-state index >= 15 is 0 Å². The molecule has 1 unspecified atom stereocenters. The number of amides is 1. The lowest BCUT2D eigenvalue weighted by atomic mass is 9.88. The van der Waals surface area contributed by atoms with Gasteiger partial charge in [0.25, 0.3) is 0 Å². The van der Waals surface area contributed by atoms with Crippen molar-refractivity contribution in [3.63, 3.8) is 0 Å². The first-order valence-electron chi connectivity index (χ1n) is 11.9. The van der Waals surface area contributed by atoms with Crippen molar-refractivity contribution in [1.82, 2.24) is 10.3 Å². The zero-order valence-corrected chi connectivity index (χ0v) is 19.8. The largest absolute Gasteiger partial charge is 0.356 e. The predicted molar refractivity (Wildman–Crippen MR) is 137 cm³/mol. The van der Waals surface area contributed by atoms with Crippen molar-refractivity contribution in [2.75, 3.05) is 24.5 Å². The number of halogens is 1. The molecule has 34 heavy (non-hydrogen) atoms. The number of carbonyl (C=O) groups excluding carboxylic acids is 1. The summed E-state index contributed by atoms with van der Waals surface area (Å²) in [5.41, 5.74) is 2.94. The lowest BCUT2D eigenvalue weighted by molar-refractivity contribution is -0.125. The highest BCUT2D eigenvalue weighted by Crippen LogP contribution is 2.33.